The molecule has 0 aromatic carbocycles. The molecule has 0 aromatic heterocycles. The molecule has 0 amide bonds. The van der Waals surface area contributed by atoms with Crippen LogP contribution in [0.1, 0.15) is 194 Å². The molecule has 0 fully saturated rings. The fourth-order valence-corrected chi connectivity index (χ4v) is 5.78. The van der Waals surface area contributed by atoms with Gasteiger partial charge in [-0.1, -0.05) is 183 Å². The summed E-state index contributed by atoms with van der Waals surface area (Å²) in [7, 11) is 0. The number of carbonyl (C=O) groups excluding carboxylic acids is 3. The molecule has 0 heterocycles. The first-order valence-electron chi connectivity index (χ1n) is 22.6. The minimum Gasteiger partial charge on any atom is -0.462 e. The minimum absolute atomic E-state index is 0.119. The molecule has 6 heteroatoms. The van der Waals surface area contributed by atoms with Gasteiger partial charge in [-0.3, -0.25) is 14.4 Å². The van der Waals surface area contributed by atoms with Crippen molar-refractivity contribution in [1.29, 1.82) is 0 Å². The standard InChI is InChI=1S/C50H82O6/c1-4-7-10-13-16-19-21-22-23-24-25-26-27-29-31-34-37-40-43-49(52)55-46-47(45-54-48(51)42-39-36-33-30-18-15-12-9-6-3)56-50(53)44-41-38-35-32-28-20-17-14-11-8-5-2/h9,12,14,17-18,21-26,30,36,39,47H,4-8,10-11,13,15-16,19-20,27-29,31-35,37-38,40-46H2,1-3H3/b12-9-,17-14-,22-21-,24-23-,26-25-,30-18-,39-36-. The van der Waals surface area contributed by atoms with Gasteiger partial charge in [-0.15, -0.1) is 0 Å². The summed E-state index contributed by atoms with van der Waals surface area (Å²) in [5.41, 5.74) is 0. The fourth-order valence-electron chi connectivity index (χ4n) is 5.78. The molecule has 0 spiro atoms. The van der Waals surface area contributed by atoms with Crippen molar-refractivity contribution in [2.75, 3.05) is 13.2 Å². The molecule has 0 aliphatic carbocycles. The van der Waals surface area contributed by atoms with Gasteiger partial charge in [-0.25, -0.2) is 0 Å². The van der Waals surface area contributed by atoms with Crippen LogP contribution in [0.15, 0.2) is 85.1 Å². The molecule has 318 valence electrons. The Morgan fingerprint density at radius 2 is 0.857 bits per heavy atom. The Morgan fingerprint density at radius 3 is 1.43 bits per heavy atom. The SMILES string of the molecule is CC/C=C\C/C=C\C/C=C\CC(=O)OCC(COC(=O)CCCCCCC\C=C/C=C\C=C/CCCCCCC)OC(=O)CCCCCCC/C=C\CCCC. The molecule has 0 aliphatic rings. The van der Waals surface area contributed by atoms with Crippen molar-refractivity contribution in [1.82, 2.24) is 0 Å². The highest BCUT2D eigenvalue weighted by molar-refractivity contribution is 5.72. The van der Waals surface area contributed by atoms with Gasteiger partial charge in [0.1, 0.15) is 13.2 Å². The number of esters is 3. The second kappa shape index (κ2) is 44.3. The number of hydrogen-bond acceptors (Lipinski definition) is 6. The molecule has 0 rings (SSSR count). The van der Waals surface area contributed by atoms with E-state index in [0.717, 1.165) is 96.3 Å². The zero-order chi connectivity index (χ0) is 40.8. The van der Waals surface area contributed by atoms with Crippen LogP contribution in [0, 0.1) is 0 Å². The van der Waals surface area contributed by atoms with Gasteiger partial charge >= 0.3 is 17.9 Å². The van der Waals surface area contributed by atoms with E-state index in [4.69, 9.17) is 14.2 Å². The van der Waals surface area contributed by atoms with Gasteiger partial charge in [-0.2, -0.15) is 0 Å². The van der Waals surface area contributed by atoms with Crippen LogP contribution >= 0.6 is 0 Å². The van der Waals surface area contributed by atoms with E-state index in [1.807, 2.05) is 6.08 Å². The van der Waals surface area contributed by atoms with Gasteiger partial charge < -0.3 is 14.2 Å². The lowest BCUT2D eigenvalue weighted by atomic mass is 10.1. The molecule has 0 N–H and O–H groups in total. The molecule has 56 heavy (non-hydrogen) atoms. The molecule has 0 aromatic rings. The van der Waals surface area contributed by atoms with E-state index in [0.29, 0.717) is 12.8 Å². The van der Waals surface area contributed by atoms with Crippen molar-refractivity contribution in [3.8, 4) is 0 Å². The third-order valence-corrected chi connectivity index (χ3v) is 9.20. The largest absolute Gasteiger partial charge is 0.462 e. The Balaban J connectivity index is 4.45. The van der Waals surface area contributed by atoms with E-state index in [1.54, 1.807) is 6.08 Å². The molecule has 0 bridgehead atoms. The number of rotatable bonds is 39. The van der Waals surface area contributed by atoms with Crippen molar-refractivity contribution in [3.05, 3.63) is 85.1 Å². The molecule has 0 saturated carbocycles. The Kier molecular flexibility index (Phi) is 41.6. The van der Waals surface area contributed by atoms with Crippen molar-refractivity contribution >= 4 is 17.9 Å². The first kappa shape index (κ1) is 52.6. The minimum atomic E-state index is -0.822. The Labute approximate surface area is 344 Å². The summed E-state index contributed by atoms with van der Waals surface area (Å²) >= 11 is 0. The highest BCUT2D eigenvalue weighted by Gasteiger charge is 2.19. The summed E-state index contributed by atoms with van der Waals surface area (Å²) in [5, 5.41) is 0. The van der Waals surface area contributed by atoms with Crippen LogP contribution in [0.3, 0.4) is 0 Å². The summed E-state index contributed by atoms with van der Waals surface area (Å²) in [5.74, 6) is -1.08. The molecular formula is C50H82O6. The van der Waals surface area contributed by atoms with Gasteiger partial charge in [0.2, 0.25) is 0 Å². The van der Waals surface area contributed by atoms with E-state index < -0.39 is 12.1 Å². The van der Waals surface area contributed by atoms with Crippen LogP contribution < -0.4 is 0 Å². The van der Waals surface area contributed by atoms with Crippen molar-refractivity contribution in [3.63, 3.8) is 0 Å². The van der Waals surface area contributed by atoms with E-state index in [-0.39, 0.29) is 31.6 Å². The maximum atomic E-state index is 12.7. The molecule has 6 nitrogen and oxygen atoms in total. The van der Waals surface area contributed by atoms with Gasteiger partial charge in [0.25, 0.3) is 0 Å². The van der Waals surface area contributed by atoms with Crippen LogP contribution in [0.2, 0.25) is 0 Å². The molecule has 1 atom stereocenters. The average molecular weight is 779 g/mol. The topological polar surface area (TPSA) is 78.9 Å². The van der Waals surface area contributed by atoms with Crippen LogP contribution in [0.5, 0.6) is 0 Å². The normalized spacial score (nSPS) is 12.8. The quantitative estimate of drug-likeness (QED) is 0.0203. The highest BCUT2D eigenvalue weighted by Crippen LogP contribution is 2.12. The van der Waals surface area contributed by atoms with Crippen molar-refractivity contribution in [2.45, 2.75) is 200 Å². The van der Waals surface area contributed by atoms with Crippen LogP contribution in [0.4, 0.5) is 0 Å². The maximum Gasteiger partial charge on any atom is 0.309 e. The summed E-state index contributed by atoms with van der Waals surface area (Å²) < 4.78 is 16.5. The van der Waals surface area contributed by atoms with Crippen molar-refractivity contribution < 1.29 is 28.6 Å². The zero-order valence-corrected chi connectivity index (χ0v) is 36.1. The van der Waals surface area contributed by atoms with Crippen LogP contribution in [0.25, 0.3) is 0 Å². The molecule has 1 unspecified atom stereocenters. The summed E-state index contributed by atoms with van der Waals surface area (Å²) in [4.78, 5) is 37.6. The smallest absolute Gasteiger partial charge is 0.309 e. The number of hydrogen-bond donors (Lipinski definition) is 0. The van der Waals surface area contributed by atoms with E-state index >= 15 is 0 Å². The van der Waals surface area contributed by atoms with Gasteiger partial charge in [0.15, 0.2) is 6.10 Å². The number of carbonyl (C=O) groups is 3. The monoisotopic (exact) mass is 779 g/mol. The number of unbranched alkanes of at least 4 members (excludes halogenated alkanes) is 17. The molecular weight excluding hydrogens is 697 g/mol. The van der Waals surface area contributed by atoms with Crippen LogP contribution in [-0.4, -0.2) is 37.2 Å². The highest BCUT2D eigenvalue weighted by atomic mass is 16.6. The maximum absolute atomic E-state index is 12.7. The van der Waals surface area contributed by atoms with E-state index in [9.17, 15) is 14.4 Å². The Morgan fingerprint density at radius 1 is 0.411 bits per heavy atom. The summed E-state index contributed by atoms with van der Waals surface area (Å²) in [6.07, 6.45) is 56.0. The predicted octanol–water partition coefficient (Wildman–Crippen LogP) is 14.5. The summed E-state index contributed by atoms with van der Waals surface area (Å²) in [6.45, 7) is 6.31. The third kappa shape index (κ3) is 41.7. The number of ether oxygens (including phenoxy) is 3. The third-order valence-electron chi connectivity index (χ3n) is 9.20. The second-order valence-corrected chi connectivity index (χ2v) is 14.6. The van der Waals surface area contributed by atoms with Crippen LogP contribution in [-0.2, 0) is 28.6 Å². The summed E-state index contributed by atoms with van der Waals surface area (Å²) in [6, 6.07) is 0. The zero-order valence-electron chi connectivity index (χ0n) is 36.1. The van der Waals surface area contributed by atoms with E-state index in [2.05, 4.69) is 93.7 Å². The first-order valence-corrected chi connectivity index (χ1v) is 22.6. The van der Waals surface area contributed by atoms with Crippen molar-refractivity contribution in [2.24, 2.45) is 0 Å². The van der Waals surface area contributed by atoms with Gasteiger partial charge in [-0.05, 0) is 77.0 Å². The first-order chi connectivity index (χ1) is 27.5. The lowest BCUT2D eigenvalue weighted by Crippen LogP contribution is -2.30. The van der Waals surface area contributed by atoms with E-state index in [1.165, 1.54) is 57.8 Å². The number of allylic oxidation sites excluding steroid dienone is 13. The average Bonchev–Trinajstić information content (AvgIpc) is 3.19. The molecule has 0 aliphatic heterocycles. The molecule has 0 radical (unpaired) electrons. The lowest BCUT2D eigenvalue weighted by molar-refractivity contribution is -0.166. The van der Waals surface area contributed by atoms with Gasteiger partial charge in [0.05, 0.1) is 6.42 Å². The lowest BCUT2D eigenvalue weighted by Gasteiger charge is -2.18. The Hall–Kier alpha value is -3.41. The fraction of sp³-hybridized carbons (Fsp3) is 0.660. The predicted molar refractivity (Wildman–Crippen MR) is 237 cm³/mol. The Bertz CT molecular complexity index is 1120. The van der Waals surface area contributed by atoms with Gasteiger partial charge in [0, 0.05) is 12.8 Å². The second-order valence-electron chi connectivity index (χ2n) is 14.6. The molecule has 0 saturated heterocycles.